The molecular formula is C28H25N5O5. The molecule has 0 bridgehead atoms. The highest BCUT2D eigenvalue weighted by atomic mass is 16.5. The highest BCUT2D eigenvalue weighted by Crippen LogP contribution is 2.33. The van der Waals surface area contributed by atoms with Gasteiger partial charge in [0.15, 0.2) is 5.54 Å². The van der Waals surface area contributed by atoms with Crippen LogP contribution in [-0.4, -0.2) is 53.3 Å². The fourth-order valence-electron chi connectivity index (χ4n) is 4.93. The number of hydrogen-bond acceptors (Lipinski definition) is 6. The zero-order valence-electron chi connectivity index (χ0n) is 20.6. The molecule has 5 amide bonds. The standard InChI is InChI=1S/C28H25N5O5/c1-38-21-9-4-18-14-33(25(35)22(18)13-21)15-28(26(36)31-27(37)32-28)19-5-2-16(3-6-19)23-12-17(10-11-29-23)24(34)30-20-7-8-20/h2-6,9-13,20H,7-8,14-15H2,1H3,(H,30,34)(H2,31,32,36,37)/t28-/m0/s1. The molecule has 2 aliphatic heterocycles. The second kappa shape index (κ2) is 8.98. The third-order valence-electron chi connectivity index (χ3n) is 7.17. The molecule has 3 aromatic rings. The number of urea groups is 1. The van der Waals surface area contributed by atoms with Gasteiger partial charge < -0.3 is 20.3 Å². The molecule has 192 valence electrons. The Balaban J connectivity index is 1.28. The van der Waals surface area contributed by atoms with Crippen molar-refractivity contribution in [3.05, 3.63) is 83.0 Å². The number of aromatic nitrogens is 1. The fourth-order valence-corrected chi connectivity index (χ4v) is 4.93. The van der Waals surface area contributed by atoms with Crippen LogP contribution in [0.1, 0.15) is 44.7 Å². The Morgan fingerprint density at radius 1 is 1.11 bits per heavy atom. The van der Waals surface area contributed by atoms with Crippen LogP contribution in [0.15, 0.2) is 60.8 Å². The second-order valence-corrected chi connectivity index (χ2v) is 9.75. The zero-order chi connectivity index (χ0) is 26.4. The van der Waals surface area contributed by atoms with E-state index >= 15 is 0 Å². The summed E-state index contributed by atoms with van der Waals surface area (Å²) in [5.41, 5.74) is 2.26. The topological polar surface area (TPSA) is 130 Å². The monoisotopic (exact) mass is 511 g/mol. The molecule has 1 saturated carbocycles. The van der Waals surface area contributed by atoms with Crippen LogP contribution in [-0.2, 0) is 16.9 Å². The van der Waals surface area contributed by atoms with Crippen LogP contribution >= 0.6 is 0 Å². The summed E-state index contributed by atoms with van der Waals surface area (Å²) >= 11 is 0. The fraction of sp³-hybridized carbons (Fsp3) is 0.250. The molecule has 3 heterocycles. The lowest BCUT2D eigenvalue weighted by Crippen LogP contribution is -2.52. The summed E-state index contributed by atoms with van der Waals surface area (Å²) in [4.78, 5) is 57.0. The first kappa shape index (κ1) is 23.7. The number of amides is 5. The minimum absolute atomic E-state index is 0.0468. The third-order valence-corrected chi connectivity index (χ3v) is 7.17. The van der Waals surface area contributed by atoms with Gasteiger partial charge in [-0.1, -0.05) is 30.3 Å². The Morgan fingerprint density at radius 2 is 1.89 bits per heavy atom. The van der Waals surface area contributed by atoms with Crippen LogP contribution < -0.4 is 20.7 Å². The number of nitrogens with zero attached hydrogens (tertiary/aromatic N) is 2. The summed E-state index contributed by atoms with van der Waals surface area (Å²) in [7, 11) is 1.53. The SMILES string of the molecule is COc1ccc2c(c1)C(=O)N(C[C@@]1(c3ccc(-c4cc(C(=O)NC5CC5)ccn4)cc3)NC(=O)NC1=O)C2. The Bertz CT molecular complexity index is 1480. The second-order valence-electron chi connectivity index (χ2n) is 9.75. The number of carbonyl (C=O) groups excluding carboxylic acids is 4. The van der Waals surface area contributed by atoms with E-state index in [0.29, 0.717) is 34.7 Å². The van der Waals surface area contributed by atoms with Crippen molar-refractivity contribution in [1.29, 1.82) is 0 Å². The molecule has 1 saturated heterocycles. The number of carbonyl (C=O) groups is 4. The quantitative estimate of drug-likeness (QED) is 0.418. The molecule has 3 N–H and O–H groups in total. The molecule has 10 nitrogen and oxygen atoms in total. The lowest BCUT2D eigenvalue weighted by molar-refractivity contribution is -0.124. The van der Waals surface area contributed by atoms with Crippen LogP contribution in [0.2, 0.25) is 0 Å². The first-order valence-electron chi connectivity index (χ1n) is 12.3. The first-order valence-corrected chi connectivity index (χ1v) is 12.3. The summed E-state index contributed by atoms with van der Waals surface area (Å²) in [6, 6.07) is 15.3. The van der Waals surface area contributed by atoms with Crippen LogP contribution in [0, 0.1) is 0 Å². The molecule has 38 heavy (non-hydrogen) atoms. The van der Waals surface area contributed by atoms with Crippen molar-refractivity contribution in [3.63, 3.8) is 0 Å². The van der Waals surface area contributed by atoms with Gasteiger partial charge in [-0.15, -0.1) is 0 Å². The Labute approximate surface area is 218 Å². The van der Waals surface area contributed by atoms with Gasteiger partial charge >= 0.3 is 6.03 Å². The average molecular weight is 512 g/mol. The molecule has 0 radical (unpaired) electrons. The van der Waals surface area contributed by atoms with E-state index in [1.54, 1.807) is 59.6 Å². The Kier molecular flexibility index (Phi) is 5.59. The molecule has 0 spiro atoms. The number of fused-ring (bicyclic) bond motifs is 1. The van der Waals surface area contributed by atoms with E-state index in [0.717, 1.165) is 24.0 Å². The summed E-state index contributed by atoms with van der Waals surface area (Å²) < 4.78 is 5.25. The molecule has 1 aliphatic carbocycles. The van der Waals surface area contributed by atoms with Gasteiger partial charge in [0.25, 0.3) is 17.7 Å². The van der Waals surface area contributed by atoms with E-state index < -0.39 is 17.5 Å². The molecule has 1 atom stereocenters. The van der Waals surface area contributed by atoms with Gasteiger partial charge in [-0.25, -0.2) is 4.79 Å². The van der Waals surface area contributed by atoms with Crippen molar-refractivity contribution < 1.29 is 23.9 Å². The minimum Gasteiger partial charge on any atom is -0.497 e. The van der Waals surface area contributed by atoms with Crippen molar-refractivity contribution in [3.8, 4) is 17.0 Å². The largest absolute Gasteiger partial charge is 0.497 e. The van der Waals surface area contributed by atoms with Crippen molar-refractivity contribution in [2.75, 3.05) is 13.7 Å². The number of benzene rings is 2. The summed E-state index contributed by atoms with van der Waals surface area (Å²) in [5, 5.41) is 8.04. The maximum absolute atomic E-state index is 13.2. The molecular weight excluding hydrogens is 486 g/mol. The minimum atomic E-state index is -1.46. The summed E-state index contributed by atoms with van der Waals surface area (Å²) in [6.45, 7) is 0.260. The van der Waals surface area contributed by atoms with Crippen LogP contribution in [0.25, 0.3) is 11.3 Å². The maximum Gasteiger partial charge on any atom is 0.322 e. The van der Waals surface area contributed by atoms with Gasteiger partial charge in [0.2, 0.25) is 0 Å². The number of imide groups is 1. The van der Waals surface area contributed by atoms with Crippen molar-refractivity contribution in [2.45, 2.75) is 31.0 Å². The van der Waals surface area contributed by atoms with Crippen LogP contribution in [0.3, 0.4) is 0 Å². The highest BCUT2D eigenvalue weighted by Gasteiger charge is 2.50. The first-order chi connectivity index (χ1) is 18.4. The Morgan fingerprint density at radius 3 is 2.58 bits per heavy atom. The molecule has 1 aromatic heterocycles. The Hall–Kier alpha value is -4.73. The van der Waals surface area contributed by atoms with Crippen LogP contribution in [0.4, 0.5) is 4.79 Å². The number of methoxy groups -OCH3 is 1. The number of rotatable bonds is 7. The van der Waals surface area contributed by atoms with E-state index in [2.05, 4.69) is 20.9 Å². The van der Waals surface area contributed by atoms with Crippen LogP contribution in [0.5, 0.6) is 5.75 Å². The molecule has 3 aliphatic rings. The van der Waals surface area contributed by atoms with Gasteiger partial charge in [0.05, 0.1) is 19.3 Å². The smallest absolute Gasteiger partial charge is 0.322 e. The third kappa shape index (κ3) is 4.13. The number of ether oxygens (including phenoxy) is 1. The predicted molar refractivity (Wildman–Crippen MR) is 136 cm³/mol. The molecule has 2 aromatic carbocycles. The van der Waals surface area contributed by atoms with Crippen molar-refractivity contribution >= 4 is 23.8 Å². The number of hydrogen-bond donors (Lipinski definition) is 3. The predicted octanol–water partition coefficient (Wildman–Crippen LogP) is 2.34. The van der Waals surface area contributed by atoms with E-state index in [9.17, 15) is 19.2 Å². The molecule has 2 fully saturated rings. The molecule has 10 heteroatoms. The van der Waals surface area contributed by atoms with Gasteiger partial charge in [0, 0.05) is 35.5 Å². The molecule has 6 rings (SSSR count). The highest BCUT2D eigenvalue weighted by molar-refractivity contribution is 6.08. The van der Waals surface area contributed by atoms with Gasteiger partial charge in [0.1, 0.15) is 5.75 Å². The van der Waals surface area contributed by atoms with Crippen molar-refractivity contribution in [1.82, 2.24) is 25.8 Å². The van der Waals surface area contributed by atoms with Gasteiger partial charge in [-0.05, 0) is 48.2 Å². The van der Waals surface area contributed by atoms with Crippen molar-refractivity contribution in [2.24, 2.45) is 0 Å². The molecule has 0 unspecified atom stereocenters. The van der Waals surface area contributed by atoms with E-state index in [4.69, 9.17) is 4.74 Å². The lowest BCUT2D eigenvalue weighted by Gasteiger charge is -2.31. The normalized spacial score (nSPS) is 20.1. The number of nitrogens with one attached hydrogen (secondary N) is 3. The average Bonchev–Trinajstić information content (AvgIpc) is 3.63. The summed E-state index contributed by atoms with van der Waals surface area (Å²) in [6.07, 6.45) is 3.59. The van der Waals surface area contributed by atoms with E-state index in [1.165, 1.54) is 7.11 Å². The lowest BCUT2D eigenvalue weighted by atomic mass is 9.88. The van der Waals surface area contributed by atoms with E-state index in [1.807, 2.05) is 6.07 Å². The maximum atomic E-state index is 13.2. The number of pyridine rings is 1. The summed E-state index contributed by atoms with van der Waals surface area (Å²) in [5.74, 6) is -0.340. The zero-order valence-corrected chi connectivity index (χ0v) is 20.6. The van der Waals surface area contributed by atoms with E-state index in [-0.39, 0.29) is 24.4 Å². The van der Waals surface area contributed by atoms with Gasteiger partial charge in [-0.3, -0.25) is 24.7 Å². The van der Waals surface area contributed by atoms with Gasteiger partial charge in [-0.2, -0.15) is 0 Å².